The van der Waals surface area contributed by atoms with E-state index in [-0.39, 0.29) is 28.6 Å². The molecule has 3 amide bonds. The second-order valence-corrected chi connectivity index (χ2v) is 9.79. The van der Waals surface area contributed by atoms with Gasteiger partial charge >= 0.3 is 0 Å². The van der Waals surface area contributed by atoms with E-state index in [4.69, 9.17) is 9.47 Å². The average molecular weight is 486 g/mol. The molecule has 0 atom stereocenters. The van der Waals surface area contributed by atoms with Gasteiger partial charge in [0.25, 0.3) is 11.8 Å². The molecular formula is C23H27N5O5S. The van der Waals surface area contributed by atoms with Gasteiger partial charge in [0, 0.05) is 44.4 Å². The second kappa shape index (κ2) is 9.96. The number of hydrogen-bond donors (Lipinski definition) is 1. The predicted molar refractivity (Wildman–Crippen MR) is 124 cm³/mol. The zero-order valence-corrected chi connectivity index (χ0v) is 19.6. The Kier molecular flexibility index (Phi) is 6.61. The van der Waals surface area contributed by atoms with E-state index < -0.39 is 5.91 Å². The molecule has 2 saturated heterocycles. The summed E-state index contributed by atoms with van der Waals surface area (Å²) in [5, 5.41) is 10.9. The van der Waals surface area contributed by atoms with Crippen LogP contribution >= 0.6 is 11.3 Å². The molecule has 0 spiro atoms. The van der Waals surface area contributed by atoms with Crippen LogP contribution in [0.15, 0.2) is 18.2 Å². The van der Waals surface area contributed by atoms with Gasteiger partial charge in [-0.25, -0.2) is 0 Å². The average Bonchev–Trinajstić information content (AvgIpc) is 3.54. The molecule has 34 heavy (non-hydrogen) atoms. The highest BCUT2D eigenvalue weighted by molar-refractivity contribution is 7.15. The summed E-state index contributed by atoms with van der Waals surface area (Å²) in [5.41, 5.74) is 0.540. The van der Waals surface area contributed by atoms with Crippen LogP contribution in [0, 0.1) is 5.92 Å². The number of aromatic nitrogens is 2. The highest BCUT2D eigenvalue weighted by Crippen LogP contribution is 2.34. The molecule has 1 N–H and O–H groups in total. The molecule has 10 nitrogen and oxygen atoms in total. The summed E-state index contributed by atoms with van der Waals surface area (Å²) < 4.78 is 10.6. The summed E-state index contributed by atoms with van der Waals surface area (Å²) in [6.45, 7) is 3.06. The number of hydrogen-bond acceptors (Lipinski definition) is 8. The van der Waals surface area contributed by atoms with Gasteiger partial charge in [-0.2, -0.15) is 0 Å². The molecule has 0 radical (unpaired) electrons. The normalized spacial score (nSPS) is 18.1. The van der Waals surface area contributed by atoms with Gasteiger partial charge in [-0.3, -0.25) is 14.4 Å². The SMILES string of the molecule is O=C(Nc1ccc2c(c1)OCO2)c1nnc(C(=O)N2CCC(CC(=O)N3CCCCC3)CC2)s1. The van der Waals surface area contributed by atoms with E-state index in [0.29, 0.717) is 42.6 Å². The number of fused-ring (bicyclic) bond motifs is 1. The number of ether oxygens (including phenoxy) is 2. The van der Waals surface area contributed by atoms with Crippen molar-refractivity contribution in [2.75, 3.05) is 38.3 Å². The number of piperidine rings is 2. The van der Waals surface area contributed by atoms with Crippen molar-refractivity contribution < 1.29 is 23.9 Å². The minimum atomic E-state index is -0.439. The van der Waals surface area contributed by atoms with Crippen molar-refractivity contribution in [1.82, 2.24) is 20.0 Å². The van der Waals surface area contributed by atoms with E-state index in [1.165, 1.54) is 6.42 Å². The van der Waals surface area contributed by atoms with E-state index >= 15 is 0 Å². The molecule has 0 unspecified atom stereocenters. The molecule has 0 aliphatic carbocycles. The van der Waals surface area contributed by atoms with Crippen LogP contribution in [0.4, 0.5) is 5.69 Å². The maximum Gasteiger partial charge on any atom is 0.286 e. The van der Waals surface area contributed by atoms with Crippen molar-refractivity contribution >= 4 is 34.7 Å². The third-order valence-electron chi connectivity index (χ3n) is 6.51. The summed E-state index contributed by atoms with van der Waals surface area (Å²) in [6, 6.07) is 5.10. The fourth-order valence-electron chi connectivity index (χ4n) is 4.56. The van der Waals surface area contributed by atoms with Gasteiger partial charge in [-0.1, -0.05) is 11.3 Å². The van der Waals surface area contributed by atoms with Gasteiger partial charge in [0.05, 0.1) is 0 Å². The Hall–Kier alpha value is -3.21. The van der Waals surface area contributed by atoms with Crippen molar-refractivity contribution in [1.29, 1.82) is 0 Å². The number of likely N-dealkylation sites (tertiary alicyclic amines) is 2. The summed E-state index contributed by atoms with van der Waals surface area (Å²) >= 11 is 0.975. The Morgan fingerprint density at radius 2 is 1.68 bits per heavy atom. The molecule has 4 heterocycles. The van der Waals surface area contributed by atoms with Gasteiger partial charge in [-0.05, 0) is 50.2 Å². The summed E-state index contributed by atoms with van der Waals surface area (Å²) in [5.74, 6) is 1.07. The minimum absolute atomic E-state index is 0.114. The Bertz CT molecular complexity index is 1080. The summed E-state index contributed by atoms with van der Waals surface area (Å²) in [7, 11) is 0. The first-order chi connectivity index (χ1) is 16.6. The van der Waals surface area contributed by atoms with Gasteiger partial charge in [0.2, 0.25) is 22.7 Å². The van der Waals surface area contributed by atoms with E-state index in [9.17, 15) is 14.4 Å². The number of nitrogens with one attached hydrogen (secondary N) is 1. The summed E-state index contributed by atoms with van der Waals surface area (Å²) in [4.78, 5) is 41.7. The van der Waals surface area contributed by atoms with Crippen LogP contribution < -0.4 is 14.8 Å². The molecule has 1 aromatic carbocycles. The van der Waals surface area contributed by atoms with E-state index in [2.05, 4.69) is 15.5 Å². The fraction of sp³-hybridized carbons (Fsp3) is 0.522. The maximum absolute atomic E-state index is 12.9. The van der Waals surface area contributed by atoms with Crippen LogP contribution in [0.3, 0.4) is 0 Å². The Morgan fingerprint density at radius 1 is 0.941 bits per heavy atom. The lowest BCUT2D eigenvalue weighted by Crippen LogP contribution is -2.41. The molecule has 11 heteroatoms. The van der Waals surface area contributed by atoms with Crippen LogP contribution in [0.25, 0.3) is 0 Å². The molecule has 2 aromatic rings. The maximum atomic E-state index is 12.9. The Balaban J connectivity index is 1.12. The number of amides is 3. The first-order valence-electron chi connectivity index (χ1n) is 11.7. The first-order valence-corrected chi connectivity index (χ1v) is 12.5. The summed E-state index contributed by atoms with van der Waals surface area (Å²) in [6.07, 6.45) is 5.54. The van der Waals surface area contributed by atoms with Gasteiger partial charge in [0.15, 0.2) is 11.5 Å². The smallest absolute Gasteiger partial charge is 0.286 e. The predicted octanol–water partition coefficient (Wildman–Crippen LogP) is 2.77. The fourth-order valence-corrected chi connectivity index (χ4v) is 5.26. The van der Waals surface area contributed by atoms with Gasteiger partial charge in [-0.15, -0.1) is 10.2 Å². The van der Waals surface area contributed by atoms with Crippen molar-refractivity contribution in [3.63, 3.8) is 0 Å². The van der Waals surface area contributed by atoms with Crippen LogP contribution in [0.1, 0.15) is 58.1 Å². The topological polar surface area (TPSA) is 114 Å². The molecule has 2 fully saturated rings. The lowest BCUT2D eigenvalue weighted by molar-refractivity contribution is -0.133. The number of carbonyl (C=O) groups is 3. The first kappa shape index (κ1) is 22.6. The van der Waals surface area contributed by atoms with Crippen molar-refractivity contribution in [2.45, 2.75) is 38.5 Å². The van der Waals surface area contributed by atoms with E-state index in [1.54, 1.807) is 23.1 Å². The third-order valence-corrected chi connectivity index (χ3v) is 7.42. The lowest BCUT2D eigenvalue weighted by Gasteiger charge is -2.33. The third kappa shape index (κ3) is 4.98. The number of nitrogens with zero attached hydrogens (tertiary/aromatic N) is 4. The van der Waals surface area contributed by atoms with E-state index in [0.717, 1.165) is 50.1 Å². The van der Waals surface area contributed by atoms with Crippen LogP contribution in [0.5, 0.6) is 11.5 Å². The number of benzene rings is 1. The van der Waals surface area contributed by atoms with Gasteiger partial charge < -0.3 is 24.6 Å². The molecule has 3 aliphatic heterocycles. The number of anilines is 1. The van der Waals surface area contributed by atoms with Crippen molar-refractivity contribution in [3.05, 3.63) is 28.2 Å². The number of carbonyl (C=O) groups excluding carboxylic acids is 3. The van der Waals surface area contributed by atoms with E-state index in [1.807, 2.05) is 4.90 Å². The second-order valence-electron chi connectivity index (χ2n) is 8.82. The molecule has 180 valence electrons. The van der Waals surface area contributed by atoms with Crippen LogP contribution in [-0.2, 0) is 4.79 Å². The van der Waals surface area contributed by atoms with Crippen LogP contribution in [-0.4, -0.2) is 70.7 Å². The lowest BCUT2D eigenvalue weighted by atomic mass is 9.92. The minimum Gasteiger partial charge on any atom is -0.454 e. The molecule has 1 aromatic heterocycles. The zero-order chi connectivity index (χ0) is 23.5. The molecule has 0 saturated carbocycles. The Morgan fingerprint density at radius 3 is 2.47 bits per heavy atom. The molecule has 3 aliphatic rings. The largest absolute Gasteiger partial charge is 0.454 e. The quantitative estimate of drug-likeness (QED) is 0.693. The highest BCUT2D eigenvalue weighted by Gasteiger charge is 2.29. The van der Waals surface area contributed by atoms with Crippen molar-refractivity contribution in [2.24, 2.45) is 5.92 Å². The molecule has 5 rings (SSSR count). The molecule has 0 bridgehead atoms. The van der Waals surface area contributed by atoms with Crippen LogP contribution in [0.2, 0.25) is 0 Å². The standard InChI is InChI=1S/C23H27N5O5S/c29-19(27-8-2-1-3-9-27)12-15-6-10-28(11-7-15)23(31)22-26-25-21(34-22)20(30)24-16-4-5-17-18(13-16)33-14-32-17/h4-5,13,15H,1-3,6-12,14H2,(H,24,30). The monoisotopic (exact) mass is 485 g/mol. The Labute approximate surface area is 201 Å². The number of rotatable bonds is 5. The molecular weight excluding hydrogens is 458 g/mol. The highest BCUT2D eigenvalue weighted by atomic mass is 32.1. The van der Waals surface area contributed by atoms with Gasteiger partial charge in [0.1, 0.15) is 0 Å². The zero-order valence-electron chi connectivity index (χ0n) is 18.8. The van der Waals surface area contributed by atoms with Crippen molar-refractivity contribution in [3.8, 4) is 11.5 Å².